The van der Waals surface area contributed by atoms with E-state index in [4.69, 9.17) is 13.9 Å². The average Bonchev–Trinajstić information content (AvgIpc) is 3.36. The van der Waals surface area contributed by atoms with Gasteiger partial charge in [0.05, 0.1) is 13.2 Å². The Hall–Kier alpha value is -3.63. The van der Waals surface area contributed by atoms with E-state index in [9.17, 15) is 14.4 Å². The van der Waals surface area contributed by atoms with E-state index in [1.807, 2.05) is 6.92 Å². The molecule has 0 saturated carbocycles. The first kappa shape index (κ1) is 19.1. The number of nitrogens with zero attached hydrogens (tertiary/aromatic N) is 4. The maximum Gasteiger partial charge on any atom is 0.435 e. The standard InChI is InChI=1S/C17H19N5O6/c1-4-8-27-16(24)11-9-10-12(28-11)13(20-22(10)17(25)26-5-2)19-15(23)14-18-6-7-21(14)3/h6-7,9H,4-5,8H2,1-3H3,(H,19,20,23). The predicted molar refractivity (Wildman–Crippen MR) is 96.2 cm³/mol. The number of amides is 1. The minimum absolute atomic E-state index is 0.0408. The van der Waals surface area contributed by atoms with Crippen LogP contribution < -0.4 is 5.32 Å². The van der Waals surface area contributed by atoms with Gasteiger partial charge in [0.15, 0.2) is 17.2 Å². The van der Waals surface area contributed by atoms with Crippen LogP contribution in [0, 0.1) is 0 Å². The molecule has 0 spiro atoms. The summed E-state index contributed by atoms with van der Waals surface area (Å²) in [5, 5.41) is 6.57. The number of aromatic nitrogens is 4. The fourth-order valence-corrected chi connectivity index (χ4v) is 2.43. The van der Waals surface area contributed by atoms with Crippen molar-refractivity contribution in [3.8, 4) is 0 Å². The van der Waals surface area contributed by atoms with Crippen LogP contribution in [-0.4, -0.2) is 50.5 Å². The zero-order chi connectivity index (χ0) is 20.3. The van der Waals surface area contributed by atoms with E-state index in [2.05, 4.69) is 15.4 Å². The number of carbonyl (C=O) groups is 3. The van der Waals surface area contributed by atoms with Crippen molar-refractivity contribution in [3.05, 3.63) is 30.0 Å². The van der Waals surface area contributed by atoms with Crippen LogP contribution in [0.2, 0.25) is 0 Å². The molecule has 0 atom stereocenters. The minimum atomic E-state index is -0.778. The number of hydrogen-bond acceptors (Lipinski definition) is 8. The highest BCUT2D eigenvalue weighted by Crippen LogP contribution is 2.28. The third kappa shape index (κ3) is 3.59. The summed E-state index contributed by atoms with van der Waals surface area (Å²) in [6, 6.07) is 1.31. The van der Waals surface area contributed by atoms with Gasteiger partial charge in [-0.25, -0.2) is 14.6 Å². The summed E-state index contributed by atoms with van der Waals surface area (Å²) in [7, 11) is 1.66. The Labute approximate surface area is 159 Å². The molecule has 0 fully saturated rings. The number of carbonyl (C=O) groups excluding carboxylic acids is 3. The highest BCUT2D eigenvalue weighted by atomic mass is 16.6. The van der Waals surface area contributed by atoms with E-state index < -0.39 is 18.0 Å². The van der Waals surface area contributed by atoms with Crippen molar-refractivity contribution in [2.24, 2.45) is 7.05 Å². The van der Waals surface area contributed by atoms with Crippen molar-refractivity contribution in [1.29, 1.82) is 0 Å². The Morgan fingerprint density at radius 1 is 1.25 bits per heavy atom. The molecule has 0 aliphatic rings. The highest BCUT2D eigenvalue weighted by Gasteiger charge is 2.26. The number of aryl methyl sites for hydroxylation is 1. The first-order valence-corrected chi connectivity index (χ1v) is 8.61. The van der Waals surface area contributed by atoms with Crippen LogP contribution in [0.15, 0.2) is 22.9 Å². The third-order valence-corrected chi connectivity index (χ3v) is 3.69. The molecule has 3 rings (SSSR count). The number of esters is 1. The second-order valence-electron chi connectivity index (χ2n) is 5.74. The second kappa shape index (κ2) is 7.94. The lowest BCUT2D eigenvalue weighted by molar-refractivity contribution is 0.0471. The Morgan fingerprint density at radius 3 is 2.68 bits per heavy atom. The van der Waals surface area contributed by atoms with Crippen LogP contribution >= 0.6 is 0 Å². The molecule has 148 valence electrons. The molecule has 0 bridgehead atoms. The zero-order valence-corrected chi connectivity index (χ0v) is 15.6. The van der Waals surface area contributed by atoms with Crippen molar-refractivity contribution in [1.82, 2.24) is 19.3 Å². The summed E-state index contributed by atoms with van der Waals surface area (Å²) < 4.78 is 17.9. The summed E-state index contributed by atoms with van der Waals surface area (Å²) >= 11 is 0. The Kier molecular flexibility index (Phi) is 5.43. The van der Waals surface area contributed by atoms with Crippen LogP contribution in [-0.2, 0) is 16.5 Å². The molecule has 0 aromatic carbocycles. The molecular weight excluding hydrogens is 370 g/mol. The van der Waals surface area contributed by atoms with Crippen LogP contribution in [0.3, 0.4) is 0 Å². The van der Waals surface area contributed by atoms with Gasteiger partial charge in [0.2, 0.25) is 5.76 Å². The van der Waals surface area contributed by atoms with Gasteiger partial charge >= 0.3 is 12.1 Å². The third-order valence-electron chi connectivity index (χ3n) is 3.69. The van der Waals surface area contributed by atoms with E-state index in [-0.39, 0.29) is 41.7 Å². The Morgan fingerprint density at radius 2 is 2.04 bits per heavy atom. The first-order chi connectivity index (χ1) is 13.5. The normalized spacial score (nSPS) is 10.8. The van der Waals surface area contributed by atoms with Crippen LogP contribution in [0.4, 0.5) is 10.6 Å². The number of hydrogen-bond donors (Lipinski definition) is 1. The smallest absolute Gasteiger partial charge is 0.435 e. The lowest BCUT2D eigenvalue weighted by atomic mass is 10.4. The summed E-state index contributed by atoms with van der Waals surface area (Å²) in [5.41, 5.74) is 0.205. The predicted octanol–water partition coefficient (Wildman–Crippen LogP) is 2.19. The lowest BCUT2D eigenvalue weighted by Gasteiger charge is -2.03. The molecule has 11 nitrogen and oxygen atoms in total. The van der Waals surface area contributed by atoms with Gasteiger partial charge in [0.1, 0.15) is 5.52 Å². The van der Waals surface area contributed by atoms with Gasteiger partial charge in [0, 0.05) is 25.5 Å². The van der Waals surface area contributed by atoms with Crippen LogP contribution in [0.1, 0.15) is 41.4 Å². The Balaban J connectivity index is 1.99. The van der Waals surface area contributed by atoms with Crippen LogP contribution in [0.25, 0.3) is 11.1 Å². The van der Waals surface area contributed by atoms with E-state index >= 15 is 0 Å². The molecule has 0 aliphatic heterocycles. The fourth-order valence-electron chi connectivity index (χ4n) is 2.43. The first-order valence-electron chi connectivity index (χ1n) is 8.61. The molecule has 0 unspecified atom stereocenters. The molecule has 11 heteroatoms. The number of nitrogens with one attached hydrogen (secondary N) is 1. The maximum atomic E-state index is 12.4. The topological polar surface area (TPSA) is 130 Å². The quantitative estimate of drug-likeness (QED) is 0.635. The number of anilines is 1. The van der Waals surface area contributed by atoms with Crippen molar-refractivity contribution >= 4 is 34.9 Å². The van der Waals surface area contributed by atoms with Gasteiger partial charge in [-0.2, -0.15) is 4.68 Å². The van der Waals surface area contributed by atoms with Gasteiger partial charge < -0.3 is 18.5 Å². The Bertz CT molecular complexity index is 1030. The van der Waals surface area contributed by atoms with Gasteiger partial charge in [-0.1, -0.05) is 6.92 Å². The minimum Gasteiger partial charge on any atom is -0.460 e. The molecule has 28 heavy (non-hydrogen) atoms. The second-order valence-corrected chi connectivity index (χ2v) is 5.74. The van der Waals surface area contributed by atoms with Crippen molar-refractivity contribution in [3.63, 3.8) is 0 Å². The molecule has 0 saturated heterocycles. The monoisotopic (exact) mass is 389 g/mol. The van der Waals surface area contributed by atoms with Crippen molar-refractivity contribution in [2.75, 3.05) is 18.5 Å². The number of rotatable bonds is 6. The summed E-state index contributed by atoms with van der Waals surface area (Å²) in [5.74, 6) is -1.28. The lowest BCUT2D eigenvalue weighted by Crippen LogP contribution is -2.19. The molecule has 0 aliphatic carbocycles. The fraction of sp³-hybridized carbons (Fsp3) is 0.353. The zero-order valence-electron chi connectivity index (χ0n) is 15.6. The number of furan rings is 1. The summed E-state index contributed by atoms with van der Waals surface area (Å²) in [4.78, 5) is 40.6. The van der Waals surface area contributed by atoms with Gasteiger partial charge in [-0.3, -0.25) is 10.1 Å². The van der Waals surface area contributed by atoms with Gasteiger partial charge in [-0.05, 0) is 13.3 Å². The van der Waals surface area contributed by atoms with Gasteiger partial charge in [0.25, 0.3) is 5.91 Å². The number of ether oxygens (including phenoxy) is 2. The summed E-state index contributed by atoms with van der Waals surface area (Å²) in [6.45, 7) is 3.85. The molecule has 3 aromatic heterocycles. The average molecular weight is 389 g/mol. The summed E-state index contributed by atoms with van der Waals surface area (Å²) in [6.07, 6.45) is 2.94. The molecule has 3 aromatic rings. The van der Waals surface area contributed by atoms with Crippen molar-refractivity contribution in [2.45, 2.75) is 20.3 Å². The number of fused-ring (bicyclic) bond motifs is 1. The maximum absolute atomic E-state index is 12.4. The number of imidazole rings is 1. The van der Waals surface area contributed by atoms with E-state index in [1.165, 1.54) is 16.8 Å². The molecule has 3 heterocycles. The van der Waals surface area contributed by atoms with Crippen LogP contribution in [0.5, 0.6) is 0 Å². The molecule has 1 amide bonds. The van der Waals surface area contributed by atoms with Crippen molar-refractivity contribution < 1.29 is 28.3 Å². The largest absolute Gasteiger partial charge is 0.460 e. The molecule has 0 radical (unpaired) electrons. The highest BCUT2D eigenvalue weighted by molar-refractivity contribution is 6.06. The van der Waals surface area contributed by atoms with E-state index in [1.54, 1.807) is 20.2 Å². The van der Waals surface area contributed by atoms with E-state index in [0.717, 1.165) is 4.68 Å². The molecule has 1 N–H and O–H groups in total. The van der Waals surface area contributed by atoms with Gasteiger partial charge in [-0.15, -0.1) is 5.10 Å². The SMILES string of the molecule is CCCOC(=O)c1cc2c(o1)c(NC(=O)c1nccn1C)nn2C(=O)OCC. The van der Waals surface area contributed by atoms with E-state index in [0.29, 0.717) is 6.42 Å². The molecular formula is C17H19N5O6.